The Labute approximate surface area is 221 Å². The largest absolute Gasteiger partial charge is 0.485 e. The first kappa shape index (κ1) is 23.5. The van der Waals surface area contributed by atoms with Crippen LogP contribution in [-0.2, 0) is 4.79 Å². The Balaban J connectivity index is 1.18. The van der Waals surface area contributed by atoms with Crippen LogP contribution in [0.4, 0.5) is 22.9 Å². The van der Waals surface area contributed by atoms with Crippen molar-refractivity contribution in [3.8, 4) is 22.8 Å². The number of anilines is 4. The maximum absolute atomic E-state index is 12.2. The van der Waals surface area contributed by atoms with E-state index in [-0.39, 0.29) is 18.1 Å². The minimum atomic E-state index is -3.12. The average Bonchev–Trinajstić information content (AvgIpc) is 3.43. The topological polar surface area (TPSA) is 124 Å². The third kappa shape index (κ3) is 3.59. The number of likely N-dealkylation sites (N-methyl/N-ethyl adjacent to an activating group) is 1. The molecule has 38 heavy (non-hydrogen) atoms. The molecule has 0 saturated carbocycles. The summed E-state index contributed by atoms with van der Waals surface area (Å²) in [4.78, 5) is 23.1. The van der Waals surface area contributed by atoms with Gasteiger partial charge in [-0.05, 0) is 37.6 Å². The van der Waals surface area contributed by atoms with Crippen LogP contribution in [0.5, 0.6) is 11.6 Å². The summed E-state index contributed by atoms with van der Waals surface area (Å²) >= 11 is 0. The smallest absolute Gasteiger partial charge is 0.239 e. The van der Waals surface area contributed by atoms with E-state index < -0.39 is 11.0 Å². The Morgan fingerprint density at radius 2 is 2.00 bits per heavy atom. The van der Waals surface area contributed by atoms with Crippen molar-refractivity contribution < 1.29 is 23.4 Å². The highest BCUT2D eigenvalue weighted by Gasteiger charge is 2.46. The number of carbonyl (C=O) groups is 1. The summed E-state index contributed by atoms with van der Waals surface area (Å²) < 4.78 is 36.7. The molecule has 0 aliphatic carbocycles. The first-order valence-corrected chi connectivity index (χ1v) is 14.1. The standard InChI is InChI=1S/C26H28N6O5S/c1-15-20-10-24(27-12-21(20)19-6-5-17(9-23(19)37-15)31-7-3-4-25(31)33)29-16-8-22-26(28-11-16)36-14-18-13-30(2)38(34,35)32(18)22/h5-6,8-12,15,18,34-35H,3-4,7,13-14H2,1-2H3,(H,27,29)/t15?,18-/m0/s1. The number of nitrogens with one attached hydrogen (secondary N) is 1. The van der Waals surface area contributed by atoms with Crippen molar-refractivity contribution in [2.75, 3.05) is 41.3 Å². The van der Waals surface area contributed by atoms with Gasteiger partial charge < -0.3 is 19.7 Å². The van der Waals surface area contributed by atoms with E-state index in [1.165, 1.54) is 0 Å². The van der Waals surface area contributed by atoms with Gasteiger partial charge in [-0.25, -0.2) is 14.3 Å². The number of nitrogens with zero attached hydrogens (tertiary/aromatic N) is 5. The van der Waals surface area contributed by atoms with Crippen molar-refractivity contribution >= 4 is 39.7 Å². The van der Waals surface area contributed by atoms with Crippen LogP contribution in [0.3, 0.4) is 0 Å². The molecule has 1 aromatic carbocycles. The van der Waals surface area contributed by atoms with Gasteiger partial charge in [0.25, 0.3) is 0 Å². The molecule has 7 rings (SSSR count). The van der Waals surface area contributed by atoms with Crippen LogP contribution in [0, 0.1) is 0 Å². The highest BCUT2D eigenvalue weighted by molar-refractivity contribution is 8.23. The van der Waals surface area contributed by atoms with Gasteiger partial charge in [0.15, 0.2) is 0 Å². The summed E-state index contributed by atoms with van der Waals surface area (Å²) in [6.07, 6.45) is 4.71. The lowest BCUT2D eigenvalue weighted by molar-refractivity contribution is -0.117. The molecule has 11 nitrogen and oxygen atoms in total. The molecule has 1 unspecified atom stereocenters. The number of carbonyl (C=O) groups excluding carboxylic acids is 1. The molecule has 3 aromatic rings. The lowest BCUT2D eigenvalue weighted by Crippen LogP contribution is -2.40. The predicted octanol–water partition coefficient (Wildman–Crippen LogP) is 4.56. The van der Waals surface area contributed by atoms with E-state index >= 15 is 0 Å². The highest BCUT2D eigenvalue weighted by atomic mass is 32.3. The minimum absolute atomic E-state index is 0.146. The fraction of sp³-hybridized carbons (Fsp3) is 0.346. The molecule has 2 aromatic heterocycles. The predicted molar refractivity (Wildman–Crippen MR) is 145 cm³/mol. The number of amides is 1. The second kappa shape index (κ2) is 8.46. The maximum atomic E-state index is 12.2. The second-order valence-corrected chi connectivity index (χ2v) is 12.0. The van der Waals surface area contributed by atoms with Crippen LogP contribution in [0.25, 0.3) is 11.1 Å². The molecule has 1 amide bonds. The van der Waals surface area contributed by atoms with Crippen LogP contribution < -0.4 is 24.0 Å². The number of aromatic nitrogens is 2. The van der Waals surface area contributed by atoms with Crippen LogP contribution >= 0.6 is 11.0 Å². The van der Waals surface area contributed by atoms with E-state index in [9.17, 15) is 13.9 Å². The molecule has 2 saturated heterocycles. The first-order chi connectivity index (χ1) is 18.3. The van der Waals surface area contributed by atoms with Crippen molar-refractivity contribution in [1.82, 2.24) is 14.3 Å². The van der Waals surface area contributed by atoms with Gasteiger partial charge >= 0.3 is 0 Å². The van der Waals surface area contributed by atoms with Gasteiger partial charge in [0.2, 0.25) is 11.8 Å². The van der Waals surface area contributed by atoms with Gasteiger partial charge in [0.1, 0.15) is 36.0 Å². The normalized spacial score (nSPS) is 24.1. The van der Waals surface area contributed by atoms with Crippen LogP contribution in [0.15, 0.2) is 42.7 Å². The Kier molecular flexibility index (Phi) is 5.24. The SMILES string of the molecule is CC1Oc2cc(N3CCCC3=O)ccc2-c2cnc(Nc3cnc4c(c3)N3[C@H](CO4)CN(C)S3(O)O)cc21. The molecule has 4 aliphatic heterocycles. The first-order valence-electron chi connectivity index (χ1n) is 12.6. The molecule has 2 fully saturated rings. The summed E-state index contributed by atoms with van der Waals surface area (Å²) in [5.74, 6) is 1.87. The number of fused-ring (bicyclic) bond motifs is 6. The van der Waals surface area contributed by atoms with Crippen molar-refractivity contribution in [1.29, 1.82) is 0 Å². The molecule has 2 atom stereocenters. The van der Waals surface area contributed by atoms with E-state index in [2.05, 4.69) is 15.3 Å². The second-order valence-electron chi connectivity index (χ2n) is 10.0. The van der Waals surface area contributed by atoms with Gasteiger partial charge in [-0.2, -0.15) is 4.31 Å². The van der Waals surface area contributed by atoms with E-state index in [1.807, 2.05) is 42.3 Å². The van der Waals surface area contributed by atoms with Gasteiger partial charge in [0, 0.05) is 61.2 Å². The number of hydrogen-bond donors (Lipinski definition) is 3. The molecule has 0 radical (unpaired) electrons. The lowest BCUT2D eigenvalue weighted by atomic mass is 9.94. The minimum Gasteiger partial charge on any atom is -0.485 e. The van der Waals surface area contributed by atoms with E-state index in [1.54, 1.807) is 27.9 Å². The summed E-state index contributed by atoms with van der Waals surface area (Å²) in [5.41, 5.74) is 4.96. The molecule has 6 heterocycles. The lowest BCUT2D eigenvalue weighted by Gasteiger charge is -2.44. The van der Waals surface area contributed by atoms with Gasteiger partial charge in [-0.15, -0.1) is 0 Å². The van der Waals surface area contributed by atoms with Crippen molar-refractivity contribution in [3.63, 3.8) is 0 Å². The van der Waals surface area contributed by atoms with Crippen LogP contribution in [-0.4, -0.2) is 62.1 Å². The number of pyridine rings is 2. The third-order valence-corrected chi connectivity index (χ3v) is 9.56. The van der Waals surface area contributed by atoms with Crippen LogP contribution in [0.2, 0.25) is 0 Å². The molecule has 3 N–H and O–H groups in total. The number of benzene rings is 1. The molecule has 4 aliphatic rings. The summed E-state index contributed by atoms with van der Waals surface area (Å²) in [6.45, 7) is 3.56. The third-order valence-electron chi connectivity index (χ3n) is 7.55. The Morgan fingerprint density at radius 3 is 2.82 bits per heavy atom. The van der Waals surface area contributed by atoms with Crippen molar-refractivity contribution in [3.05, 3.63) is 48.3 Å². The molecule has 0 spiro atoms. The highest BCUT2D eigenvalue weighted by Crippen LogP contribution is 2.58. The van der Waals surface area contributed by atoms with E-state index in [4.69, 9.17) is 9.47 Å². The number of hydrogen-bond acceptors (Lipinski definition) is 10. The van der Waals surface area contributed by atoms with Crippen molar-refractivity contribution in [2.24, 2.45) is 0 Å². The van der Waals surface area contributed by atoms with Gasteiger partial charge in [0.05, 0.1) is 11.9 Å². The summed E-state index contributed by atoms with van der Waals surface area (Å²) in [5, 5.41) is 3.30. The fourth-order valence-corrected chi connectivity index (χ4v) is 7.24. The monoisotopic (exact) mass is 536 g/mol. The van der Waals surface area contributed by atoms with Gasteiger partial charge in [-0.3, -0.25) is 13.9 Å². The number of rotatable bonds is 3. The van der Waals surface area contributed by atoms with E-state index in [0.29, 0.717) is 42.6 Å². The molecule has 198 valence electrons. The molecular formula is C26H28N6O5S. The zero-order valence-corrected chi connectivity index (χ0v) is 21.8. The Morgan fingerprint density at radius 1 is 1.13 bits per heavy atom. The Hall–Kier alpha value is -3.58. The molecule has 12 heteroatoms. The van der Waals surface area contributed by atoms with Gasteiger partial charge in [-0.1, -0.05) is 11.0 Å². The quantitative estimate of drug-likeness (QED) is 0.439. The van der Waals surface area contributed by atoms with E-state index in [0.717, 1.165) is 41.1 Å². The Bertz CT molecular complexity index is 1470. The summed E-state index contributed by atoms with van der Waals surface area (Å²) in [7, 11) is -1.43. The van der Waals surface area contributed by atoms with Crippen molar-refractivity contribution in [2.45, 2.75) is 31.9 Å². The summed E-state index contributed by atoms with van der Waals surface area (Å²) in [6, 6.07) is 9.49. The van der Waals surface area contributed by atoms with Crippen LogP contribution in [0.1, 0.15) is 31.4 Å². The average molecular weight is 537 g/mol. The zero-order chi connectivity index (χ0) is 26.2. The fourth-order valence-electron chi connectivity index (χ4n) is 5.65. The maximum Gasteiger partial charge on any atom is 0.239 e. The molecular weight excluding hydrogens is 508 g/mol. The zero-order valence-electron chi connectivity index (χ0n) is 21.0. The number of ether oxygens (including phenoxy) is 2. The molecule has 0 bridgehead atoms.